The fourth-order valence-corrected chi connectivity index (χ4v) is 3.48. The molecule has 6 heteroatoms. The number of pyridine rings is 1. The van der Waals surface area contributed by atoms with Crippen LogP contribution >= 0.6 is 0 Å². The zero-order valence-electron chi connectivity index (χ0n) is 17.0. The van der Waals surface area contributed by atoms with E-state index in [9.17, 15) is 5.21 Å². The van der Waals surface area contributed by atoms with E-state index in [0.29, 0.717) is 23.8 Å². The monoisotopic (exact) mass is 382 g/mol. The third-order valence-corrected chi connectivity index (χ3v) is 5.03. The Morgan fingerprint density at radius 2 is 1.93 bits per heavy atom. The summed E-state index contributed by atoms with van der Waals surface area (Å²) in [5.41, 5.74) is 5.94. The van der Waals surface area contributed by atoms with Crippen LogP contribution in [-0.2, 0) is 0 Å². The van der Waals surface area contributed by atoms with Crippen molar-refractivity contribution in [1.29, 1.82) is 0 Å². The number of hydrogen-bond acceptors (Lipinski definition) is 5. The van der Waals surface area contributed by atoms with Crippen molar-refractivity contribution in [2.24, 2.45) is 4.99 Å². The van der Waals surface area contributed by atoms with Gasteiger partial charge < -0.3 is 9.64 Å². The first-order valence-electron chi connectivity index (χ1n) is 9.97. The summed E-state index contributed by atoms with van der Waals surface area (Å²) in [5, 5.41) is 9.69. The lowest BCUT2D eigenvalue weighted by Gasteiger charge is -2.25. The molecule has 150 valence electrons. The maximum Gasteiger partial charge on any atom is 0.230 e. The van der Waals surface area contributed by atoms with E-state index in [2.05, 4.69) is 33.3 Å². The summed E-state index contributed by atoms with van der Waals surface area (Å²) < 4.78 is 6.10. The summed E-state index contributed by atoms with van der Waals surface area (Å²) in [7, 11) is 0. The van der Waals surface area contributed by atoms with Crippen LogP contribution in [0.3, 0.4) is 0 Å². The molecule has 0 bridgehead atoms. The maximum absolute atomic E-state index is 9.69. The molecule has 0 saturated carbocycles. The van der Waals surface area contributed by atoms with Gasteiger partial charge in [-0.25, -0.2) is 4.98 Å². The summed E-state index contributed by atoms with van der Waals surface area (Å²) in [5.74, 6) is 1.56. The summed E-state index contributed by atoms with van der Waals surface area (Å²) in [6, 6.07) is 9.79. The highest BCUT2D eigenvalue weighted by Gasteiger charge is 2.15. The van der Waals surface area contributed by atoms with Crippen LogP contribution in [-0.4, -0.2) is 47.1 Å². The predicted molar refractivity (Wildman–Crippen MR) is 112 cm³/mol. The Bertz CT molecular complexity index is 829. The number of benzene rings is 1. The van der Waals surface area contributed by atoms with Gasteiger partial charge in [0.1, 0.15) is 5.75 Å². The number of rotatable bonds is 6. The molecule has 1 saturated heterocycles. The van der Waals surface area contributed by atoms with Gasteiger partial charge in [0.05, 0.1) is 12.1 Å². The third kappa shape index (κ3) is 5.30. The summed E-state index contributed by atoms with van der Waals surface area (Å²) >= 11 is 0. The van der Waals surface area contributed by atoms with E-state index in [0.717, 1.165) is 36.6 Å². The average molecular weight is 383 g/mol. The minimum atomic E-state index is 0.379. The third-order valence-electron chi connectivity index (χ3n) is 5.03. The molecule has 2 N–H and O–H groups in total. The van der Waals surface area contributed by atoms with E-state index in [4.69, 9.17) is 4.74 Å². The first kappa shape index (κ1) is 20.3. The van der Waals surface area contributed by atoms with E-state index in [1.54, 1.807) is 0 Å². The number of aromatic nitrogens is 1. The lowest BCUT2D eigenvalue weighted by molar-refractivity contribution is 0.229. The molecule has 0 atom stereocenters. The Hall–Kier alpha value is -2.44. The van der Waals surface area contributed by atoms with E-state index in [-0.39, 0.29) is 0 Å². The molecule has 0 amide bonds. The second-order valence-electron chi connectivity index (χ2n) is 7.42. The number of hydrogen-bond donors (Lipinski definition) is 2. The Kier molecular flexibility index (Phi) is 7.01. The fourth-order valence-electron chi connectivity index (χ4n) is 3.48. The van der Waals surface area contributed by atoms with Crippen LogP contribution in [0.2, 0.25) is 0 Å². The van der Waals surface area contributed by atoms with Gasteiger partial charge in [0.15, 0.2) is 5.84 Å². The quantitative estimate of drug-likeness (QED) is 0.449. The number of hydroxylamine groups is 1. The van der Waals surface area contributed by atoms with Gasteiger partial charge in [0, 0.05) is 12.2 Å². The molecule has 2 heterocycles. The van der Waals surface area contributed by atoms with Gasteiger partial charge >= 0.3 is 0 Å². The molecule has 2 aromatic rings. The molecular weight excluding hydrogens is 352 g/mol. The van der Waals surface area contributed by atoms with Crippen molar-refractivity contribution in [3.63, 3.8) is 0 Å². The van der Waals surface area contributed by atoms with E-state index in [1.165, 1.54) is 24.8 Å². The predicted octanol–water partition coefficient (Wildman–Crippen LogP) is 4.01. The zero-order valence-corrected chi connectivity index (χ0v) is 17.0. The second kappa shape index (κ2) is 9.66. The molecule has 1 aromatic heterocycles. The van der Waals surface area contributed by atoms with E-state index >= 15 is 0 Å². The van der Waals surface area contributed by atoms with Crippen LogP contribution in [0.4, 0.5) is 0 Å². The van der Waals surface area contributed by atoms with Crippen molar-refractivity contribution >= 4 is 5.84 Å². The van der Waals surface area contributed by atoms with Crippen molar-refractivity contribution in [2.75, 3.05) is 26.2 Å². The second-order valence-corrected chi connectivity index (χ2v) is 7.42. The number of aliphatic imine (C=N–C) groups is 1. The Morgan fingerprint density at radius 3 is 2.64 bits per heavy atom. The number of amidine groups is 1. The van der Waals surface area contributed by atoms with Gasteiger partial charge in [-0.1, -0.05) is 24.1 Å². The van der Waals surface area contributed by atoms with Crippen LogP contribution in [0.25, 0.3) is 0 Å². The number of piperidine rings is 1. The highest BCUT2D eigenvalue weighted by atomic mass is 16.5. The summed E-state index contributed by atoms with van der Waals surface area (Å²) in [6.07, 6.45) is 3.83. The highest BCUT2D eigenvalue weighted by molar-refractivity contribution is 6.00. The van der Waals surface area contributed by atoms with Gasteiger partial charge in [-0.15, -0.1) is 0 Å². The molecule has 1 aliphatic rings. The Balaban J connectivity index is 1.79. The van der Waals surface area contributed by atoms with E-state index < -0.39 is 0 Å². The highest BCUT2D eigenvalue weighted by Crippen LogP contribution is 2.27. The largest absolute Gasteiger partial charge is 0.438 e. The van der Waals surface area contributed by atoms with Gasteiger partial charge in [0.25, 0.3) is 0 Å². The zero-order chi connectivity index (χ0) is 19.9. The molecule has 1 aromatic carbocycles. The number of nitrogens with one attached hydrogen (secondary N) is 1. The topological polar surface area (TPSA) is 70.0 Å². The van der Waals surface area contributed by atoms with Crippen molar-refractivity contribution in [1.82, 2.24) is 15.4 Å². The van der Waals surface area contributed by atoms with Crippen LogP contribution < -0.4 is 10.2 Å². The van der Waals surface area contributed by atoms with Crippen LogP contribution in [0.5, 0.6) is 11.6 Å². The van der Waals surface area contributed by atoms with Crippen molar-refractivity contribution in [3.05, 3.63) is 52.7 Å². The maximum atomic E-state index is 9.69. The standard InChI is InChI=1S/C22H30N4O2/c1-16-7-10-20(17(2)15-16)28-22-19(9-8-18(3)24-22)21(25-27)23-11-14-26-12-5-4-6-13-26/h7-10,15,27H,4-6,11-14H2,1-3H3,(H,23,25). The Labute approximate surface area is 167 Å². The lowest BCUT2D eigenvalue weighted by atomic mass is 10.1. The molecule has 1 aliphatic heterocycles. The molecular formula is C22H30N4O2. The van der Waals surface area contributed by atoms with Crippen molar-refractivity contribution < 1.29 is 9.94 Å². The molecule has 0 radical (unpaired) electrons. The smallest absolute Gasteiger partial charge is 0.230 e. The van der Waals surface area contributed by atoms with E-state index in [1.807, 2.05) is 38.1 Å². The molecule has 28 heavy (non-hydrogen) atoms. The van der Waals surface area contributed by atoms with Gasteiger partial charge in [0.2, 0.25) is 5.88 Å². The fraction of sp³-hybridized carbons (Fsp3) is 0.455. The summed E-state index contributed by atoms with van der Waals surface area (Å²) in [6.45, 7) is 9.73. The van der Waals surface area contributed by atoms with Crippen molar-refractivity contribution in [3.8, 4) is 11.6 Å². The number of likely N-dealkylation sites (tertiary alicyclic amines) is 1. The normalized spacial score (nSPS) is 15.5. The van der Waals surface area contributed by atoms with Gasteiger partial charge in [-0.3, -0.25) is 15.7 Å². The first-order chi connectivity index (χ1) is 13.6. The van der Waals surface area contributed by atoms with Crippen LogP contribution in [0.15, 0.2) is 35.3 Å². The Morgan fingerprint density at radius 1 is 1.14 bits per heavy atom. The number of aryl methyl sites for hydroxylation is 3. The molecule has 6 nitrogen and oxygen atoms in total. The average Bonchev–Trinajstić information content (AvgIpc) is 2.69. The molecule has 1 fully saturated rings. The van der Waals surface area contributed by atoms with Crippen LogP contribution in [0.1, 0.15) is 41.6 Å². The molecule has 0 aliphatic carbocycles. The van der Waals surface area contributed by atoms with Gasteiger partial charge in [-0.05, 0) is 70.5 Å². The SMILES string of the molecule is Cc1ccc(Oc2nc(C)ccc2C(=NCCN2CCCCC2)NO)c(C)c1. The summed E-state index contributed by atoms with van der Waals surface area (Å²) in [4.78, 5) is 11.5. The minimum absolute atomic E-state index is 0.379. The molecule has 0 unspecified atom stereocenters. The number of nitrogens with zero attached hydrogens (tertiary/aromatic N) is 3. The van der Waals surface area contributed by atoms with Crippen molar-refractivity contribution in [2.45, 2.75) is 40.0 Å². The number of ether oxygens (including phenoxy) is 1. The minimum Gasteiger partial charge on any atom is -0.438 e. The van der Waals surface area contributed by atoms with Gasteiger partial charge in [-0.2, -0.15) is 0 Å². The first-order valence-corrected chi connectivity index (χ1v) is 9.97. The van der Waals surface area contributed by atoms with Crippen LogP contribution in [0, 0.1) is 20.8 Å². The molecule has 0 spiro atoms. The lowest BCUT2D eigenvalue weighted by Crippen LogP contribution is -2.32. The molecule has 3 rings (SSSR count).